The molecule has 178 valence electrons. The first-order chi connectivity index (χ1) is 14.9. The average Bonchev–Trinajstić information content (AvgIpc) is 2.70. The van der Waals surface area contributed by atoms with Gasteiger partial charge >= 0.3 is 16.4 Å². The predicted octanol–water partition coefficient (Wildman–Crippen LogP) is 6.33. The molecular weight excluding hydrogens is 486 g/mol. The summed E-state index contributed by atoms with van der Waals surface area (Å²) in [4.78, 5) is 9.80. The Labute approximate surface area is 181 Å². The highest BCUT2D eigenvalue weighted by Gasteiger charge is 2.65. The molecule has 1 atom stereocenters. The zero-order chi connectivity index (χ0) is 25.1. The fourth-order valence-electron chi connectivity index (χ4n) is 2.51. The summed E-state index contributed by atoms with van der Waals surface area (Å²) in [6, 6.07) is 6.78. The zero-order valence-corrected chi connectivity index (χ0v) is 17.0. The highest BCUT2D eigenvalue weighted by Crippen LogP contribution is 3.02. The number of nitriles is 2. The molecule has 1 unspecified atom stereocenters. The summed E-state index contributed by atoms with van der Waals surface area (Å²) in [5.41, 5.74) is -1.96. The van der Waals surface area contributed by atoms with Crippen molar-refractivity contribution in [1.82, 2.24) is 5.32 Å². The van der Waals surface area contributed by atoms with Crippen LogP contribution in [0.15, 0.2) is 47.4 Å². The van der Waals surface area contributed by atoms with E-state index in [4.69, 9.17) is 15.3 Å². The van der Waals surface area contributed by atoms with E-state index in [1.54, 1.807) is 12.1 Å². The maximum Gasteiger partial charge on any atom is 0.420 e. The second-order valence-corrected chi connectivity index (χ2v) is 9.00. The number of ether oxygens (including phenoxy) is 1. The molecule has 0 bridgehead atoms. The number of carbonyl (C=O) groups is 1. The molecule has 5 nitrogen and oxygen atoms in total. The van der Waals surface area contributed by atoms with Gasteiger partial charge in [-0.25, -0.2) is 0 Å². The molecule has 0 saturated carbocycles. The molecule has 0 aliphatic heterocycles. The van der Waals surface area contributed by atoms with Crippen LogP contribution in [0.25, 0.3) is 0 Å². The standard InChI is InChI=1S/C19H13F8N3O2S/c20-19(21,22)16-9-12(10-28)1-6-17(16)32-14(11-29)7-8-30-18(31)13-2-4-15(5-3-13)33(23,24,25,26)27/h1-6,9,14H,7-8H2,(H,30,31). The van der Waals surface area contributed by atoms with Crippen LogP contribution in [0.4, 0.5) is 32.6 Å². The van der Waals surface area contributed by atoms with Crippen LogP contribution in [-0.2, 0) is 6.18 Å². The molecule has 2 aromatic carbocycles. The minimum absolute atomic E-state index is 0.0568. The Bertz CT molecular complexity index is 1130. The van der Waals surface area contributed by atoms with Crippen molar-refractivity contribution in [2.45, 2.75) is 23.6 Å². The fourth-order valence-corrected chi connectivity index (χ4v) is 3.16. The SMILES string of the molecule is N#Cc1ccc(OC(C#N)CCNC(=O)c2ccc(S(F)(F)(F)(F)F)cc2)c(C(F)(F)F)c1. The van der Waals surface area contributed by atoms with Crippen LogP contribution in [0.5, 0.6) is 5.75 Å². The highest BCUT2D eigenvalue weighted by molar-refractivity contribution is 8.45. The average molecular weight is 499 g/mol. The molecule has 1 amide bonds. The molecule has 0 fully saturated rings. The van der Waals surface area contributed by atoms with Crippen molar-refractivity contribution >= 4 is 16.1 Å². The van der Waals surface area contributed by atoms with Gasteiger partial charge in [-0.3, -0.25) is 4.79 Å². The molecular formula is C19H13F8N3O2S. The third-order valence-electron chi connectivity index (χ3n) is 4.08. The van der Waals surface area contributed by atoms with Gasteiger partial charge in [0.05, 0.1) is 17.2 Å². The smallest absolute Gasteiger partial charge is 0.420 e. The molecule has 0 aliphatic rings. The van der Waals surface area contributed by atoms with Gasteiger partial charge in [-0.2, -0.15) is 23.7 Å². The summed E-state index contributed by atoms with van der Waals surface area (Å²) in [6.45, 7) is -0.335. The monoisotopic (exact) mass is 499 g/mol. The molecule has 2 aromatic rings. The van der Waals surface area contributed by atoms with Gasteiger partial charge in [0.2, 0.25) is 0 Å². The van der Waals surface area contributed by atoms with Gasteiger partial charge in [0.15, 0.2) is 6.10 Å². The van der Waals surface area contributed by atoms with E-state index in [9.17, 15) is 37.4 Å². The Morgan fingerprint density at radius 3 is 2.12 bits per heavy atom. The van der Waals surface area contributed by atoms with Crippen LogP contribution in [-0.4, -0.2) is 18.6 Å². The minimum Gasteiger partial charge on any atom is -0.475 e. The van der Waals surface area contributed by atoms with Gasteiger partial charge in [-0.15, -0.1) is 0 Å². The molecule has 0 aromatic heterocycles. The lowest BCUT2D eigenvalue weighted by molar-refractivity contribution is -0.139. The first-order valence-electron chi connectivity index (χ1n) is 8.74. The molecule has 0 aliphatic carbocycles. The van der Waals surface area contributed by atoms with Crippen molar-refractivity contribution in [2.24, 2.45) is 0 Å². The van der Waals surface area contributed by atoms with Gasteiger partial charge < -0.3 is 10.1 Å². The lowest BCUT2D eigenvalue weighted by atomic mass is 10.1. The Kier molecular flexibility index (Phi) is 6.33. The summed E-state index contributed by atoms with van der Waals surface area (Å²) < 4.78 is 108. The van der Waals surface area contributed by atoms with Crippen molar-refractivity contribution in [1.29, 1.82) is 10.5 Å². The van der Waals surface area contributed by atoms with Crippen LogP contribution in [0.2, 0.25) is 0 Å². The summed E-state index contributed by atoms with van der Waals surface area (Å²) in [7, 11) is -9.89. The van der Waals surface area contributed by atoms with Crippen LogP contribution in [0.3, 0.4) is 0 Å². The van der Waals surface area contributed by atoms with Gasteiger partial charge in [-0.1, -0.05) is 19.4 Å². The Hall–Kier alpha value is -3.52. The molecule has 2 rings (SSSR count). The maximum absolute atomic E-state index is 13.2. The molecule has 0 radical (unpaired) electrons. The van der Waals surface area contributed by atoms with Gasteiger partial charge in [-0.05, 0) is 42.5 Å². The molecule has 0 spiro atoms. The normalized spacial score (nSPS) is 14.7. The second-order valence-electron chi connectivity index (χ2n) is 6.59. The van der Waals surface area contributed by atoms with Crippen LogP contribution in [0.1, 0.15) is 27.9 Å². The fraction of sp³-hybridized carbons (Fsp3) is 0.211. The topological polar surface area (TPSA) is 85.9 Å². The van der Waals surface area contributed by atoms with Crippen molar-refractivity contribution < 1.29 is 42.1 Å². The van der Waals surface area contributed by atoms with Crippen molar-refractivity contribution in [3.63, 3.8) is 0 Å². The number of hydrogen-bond donors (Lipinski definition) is 1. The van der Waals surface area contributed by atoms with Gasteiger partial charge in [0, 0.05) is 18.5 Å². The van der Waals surface area contributed by atoms with E-state index in [0.29, 0.717) is 18.2 Å². The molecule has 14 heteroatoms. The predicted molar refractivity (Wildman–Crippen MR) is 101 cm³/mol. The number of rotatable bonds is 7. The summed E-state index contributed by atoms with van der Waals surface area (Å²) in [6.07, 6.45) is -6.66. The largest absolute Gasteiger partial charge is 0.475 e. The summed E-state index contributed by atoms with van der Waals surface area (Å²) in [5, 5.41) is 20.1. The first-order valence-corrected chi connectivity index (χ1v) is 10.7. The molecule has 0 saturated heterocycles. The lowest BCUT2D eigenvalue weighted by Crippen LogP contribution is -2.29. The van der Waals surface area contributed by atoms with Crippen LogP contribution < -0.4 is 10.1 Å². The van der Waals surface area contributed by atoms with E-state index >= 15 is 0 Å². The number of carbonyl (C=O) groups excluding carboxylic acids is 1. The van der Waals surface area contributed by atoms with Gasteiger partial charge in [0.1, 0.15) is 16.7 Å². The second kappa shape index (κ2) is 8.12. The van der Waals surface area contributed by atoms with E-state index in [1.165, 1.54) is 0 Å². The third-order valence-corrected chi connectivity index (χ3v) is 5.24. The number of hydrogen-bond acceptors (Lipinski definition) is 4. The van der Waals surface area contributed by atoms with Gasteiger partial charge in [0.25, 0.3) is 5.91 Å². The van der Waals surface area contributed by atoms with E-state index < -0.39 is 44.6 Å². The molecule has 0 heterocycles. The molecule has 33 heavy (non-hydrogen) atoms. The van der Waals surface area contributed by atoms with Crippen molar-refractivity contribution in [2.75, 3.05) is 6.54 Å². The Morgan fingerprint density at radius 2 is 1.64 bits per heavy atom. The number of nitrogens with zero attached hydrogens (tertiary/aromatic N) is 2. The number of nitrogens with one attached hydrogen (secondary N) is 1. The first kappa shape index (κ1) is 25.7. The lowest BCUT2D eigenvalue weighted by Gasteiger charge is -2.40. The number of halogens is 8. The van der Waals surface area contributed by atoms with E-state index in [0.717, 1.165) is 12.1 Å². The van der Waals surface area contributed by atoms with E-state index in [1.807, 2.05) is 0 Å². The van der Waals surface area contributed by atoms with Crippen molar-refractivity contribution in [3.8, 4) is 17.9 Å². The highest BCUT2D eigenvalue weighted by atomic mass is 32.5. The Balaban J connectivity index is 2.04. The number of benzene rings is 2. The minimum atomic E-state index is -9.89. The number of amides is 1. The number of alkyl halides is 3. The third kappa shape index (κ3) is 6.98. The van der Waals surface area contributed by atoms with Crippen molar-refractivity contribution in [3.05, 3.63) is 59.2 Å². The van der Waals surface area contributed by atoms with Crippen LogP contribution >= 0.6 is 10.2 Å². The van der Waals surface area contributed by atoms with E-state index in [2.05, 4.69) is 5.32 Å². The molecule has 1 N–H and O–H groups in total. The quantitative estimate of drug-likeness (QED) is 0.452. The van der Waals surface area contributed by atoms with Crippen LogP contribution in [0, 0.1) is 22.7 Å². The Morgan fingerprint density at radius 1 is 1.03 bits per heavy atom. The van der Waals surface area contributed by atoms with E-state index in [-0.39, 0.29) is 36.2 Å². The maximum atomic E-state index is 13.2. The summed E-state index contributed by atoms with van der Waals surface area (Å²) >= 11 is 0. The summed E-state index contributed by atoms with van der Waals surface area (Å²) in [5.74, 6) is -1.68. The zero-order valence-electron chi connectivity index (χ0n) is 16.2.